The Balaban J connectivity index is 1.61. The van der Waals surface area contributed by atoms with Gasteiger partial charge in [0.1, 0.15) is 5.78 Å². The molecule has 3 nitrogen and oxygen atoms in total. The van der Waals surface area contributed by atoms with Crippen LogP contribution < -0.4 is 10.6 Å². The van der Waals surface area contributed by atoms with Gasteiger partial charge >= 0.3 is 0 Å². The number of hydrogen-bond acceptors (Lipinski definition) is 2. The largest absolute Gasteiger partial charge is 0.362 e. The highest BCUT2D eigenvalue weighted by Gasteiger charge is 2.65. The minimum Gasteiger partial charge on any atom is -0.362 e. The number of ketones is 1. The van der Waals surface area contributed by atoms with Crippen molar-refractivity contribution in [3.63, 3.8) is 0 Å². The van der Waals surface area contributed by atoms with Crippen molar-refractivity contribution in [2.24, 2.45) is 22.7 Å². The van der Waals surface area contributed by atoms with E-state index in [2.05, 4.69) is 31.4 Å². The number of carbonyl (C=O) groups excluding carboxylic acids is 1. The lowest BCUT2D eigenvalue weighted by molar-refractivity contribution is -0.131. The van der Waals surface area contributed by atoms with Crippen LogP contribution in [-0.2, 0) is 4.79 Å². The van der Waals surface area contributed by atoms with E-state index in [0.29, 0.717) is 23.4 Å². The second-order valence-corrected chi connectivity index (χ2v) is 7.78. The van der Waals surface area contributed by atoms with Gasteiger partial charge in [-0.2, -0.15) is 0 Å². The minimum absolute atomic E-state index is 0.0873. The Morgan fingerprint density at radius 3 is 2.55 bits per heavy atom. The molecule has 2 fully saturated rings. The second kappa shape index (κ2) is 5.34. The van der Waals surface area contributed by atoms with Gasteiger partial charge < -0.3 is 10.6 Å². The van der Waals surface area contributed by atoms with Gasteiger partial charge in [-0.25, -0.2) is 0 Å². The van der Waals surface area contributed by atoms with E-state index in [-0.39, 0.29) is 16.7 Å². The van der Waals surface area contributed by atoms with E-state index in [1.54, 1.807) is 0 Å². The minimum atomic E-state index is -0.154. The average Bonchev–Trinajstić information content (AvgIpc) is 2.79. The van der Waals surface area contributed by atoms with Crippen LogP contribution in [0.5, 0.6) is 0 Å². The zero-order valence-electron chi connectivity index (χ0n) is 13.5. The molecule has 0 spiro atoms. The number of hydrogen-bond donors (Lipinski definition) is 2. The van der Waals surface area contributed by atoms with E-state index in [0.717, 1.165) is 18.5 Å². The first-order chi connectivity index (χ1) is 10.4. The average molecular weight is 316 g/mol. The van der Waals surface area contributed by atoms with Crippen molar-refractivity contribution >= 4 is 28.8 Å². The van der Waals surface area contributed by atoms with E-state index >= 15 is 0 Å². The maximum atomic E-state index is 12.8. The third-order valence-electron chi connectivity index (χ3n) is 6.18. The van der Waals surface area contributed by atoms with Crippen molar-refractivity contribution in [2.75, 3.05) is 11.9 Å². The number of Topliss-reactive ketones (excluding diaryl/α,β-unsaturated/α-hetero) is 1. The molecule has 0 radical (unpaired) electrons. The molecule has 2 saturated carbocycles. The van der Waals surface area contributed by atoms with Crippen molar-refractivity contribution in [2.45, 2.75) is 33.6 Å². The predicted octanol–water partition coefficient (Wildman–Crippen LogP) is 3.61. The number of anilines is 1. The lowest BCUT2D eigenvalue weighted by Gasteiger charge is -2.32. The van der Waals surface area contributed by atoms with Crippen LogP contribution in [0.4, 0.5) is 5.69 Å². The molecule has 22 heavy (non-hydrogen) atoms. The molecule has 4 heteroatoms. The lowest BCUT2D eigenvalue weighted by atomic mass is 9.70. The number of benzene rings is 1. The number of thiocarbonyl (C=S) groups is 1. The maximum Gasteiger partial charge on any atom is 0.170 e. The van der Waals surface area contributed by atoms with E-state index in [9.17, 15) is 4.79 Å². The Morgan fingerprint density at radius 1 is 1.27 bits per heavy atom. The lowest BCUT2D eigenvalue weighted by Crippen LogP contribution is -2.39. The summed E-state index contributed by atoms with van der Waals surface area (Å²) >= 11 is 5.35. The maximum absolute atomic E-state index is 12.8. The monoisotopic (exact) mass is 316 g/mol. The molecule has 2 aliphatic carbocycles. The first-order valence-corrected chi connectivity index (χ1v) is 8.41. The van der Waals surface area contributed by atoms with Crippen LogP contribution in [0.15, 0.2) is 30.3 Å². The summed E-state index contributed by atoms with van der Waals surface area (Å²) in [6.45, 7) is 7.29. The third kappa shape index (κ3) is 2.24. The van der Waals surface area contributed by atoms with Crippen molar-refractivity contribution in [1.29, 1.82) is 0 Å². The van der Waals surface area contributed by atoms with Crippen molar-refractivity contribution in [3.8, 4) is 0 Å². The molecule has 3 atom stereocenters. The van der Waals surface area contributed by atoms with Crippen LogP contribution >= 0.6 is 12.2 Å². The van der Waals surface area contributed by atoms with Gasteiger partial charge in [0.2, 0.25) is 0 Å². The molecule has 2 bridgehead atoms. The number of nitrogens with one attached hydrogen (secondary N) is 2. The van der Waals surface area contributed by atoms with Crippen LogP contribution in [0.25, 0.3) is 0 Å². The molecular weight excluding hydrogens is 292 g/mol. The molecule has 0 aromatic heterocycles. The molecule has 118 valence electrons. The highest BCUT2D eigenvalue weighted by Crippen LogP contribution is 2.65. The molecule has 0 amide bonds. The fourth-order valence-corrected chi connectivity index (χ4v) is 4.61. The highest BCUT2D eigenvalue weighted by molar-refractivity contribution is 7.80. The zero-order valence-corrected chi connectivity index (χ0v) is 14.3. The first-order valence-electron chi connectivity index (χ1n) is 8.00. The van der Waals surface area contributed by atoms with Crippen LogP contribution in [0.2, 0.25) is 0 Å². The normalized spacial score (nSPS) is 32.0. The fraction of sp³-hybridized carbons (Fsp3) is 0.556. The number of para-hydroxylation sites is 1. The quantitative estimate of drug-likeness (QED) is 0.836. The molecule has 1 aromatic rings. The molecular formula is C18H24N2OS. The van der Waals surface area contributed by atoms with Gasteiger partial charge in [-0.15, -0.1) is 0 Å². The fourth-order valence-electron chi connectivity index (χ4n) is 4.41. The predicted molar refractivity (Wildman–Crippen MR) is 93.8 cm³/mol. The summed E-state index contributed by atoms with van der Waals surface area (Å²) in [5, 5.41) is 6.99. The SMILES string of the molecule is CC1(C)[C@@H]2CC[C@@]1(C)C(=O)[C@@H]2CNC(=S)Nc1ccccc1. The highest BCUT2D eigenvalue weighted by atomic mass is 32.1. The van der Waals surface area contributed by atoms with Crippen LogP contribution in [0.3, 0.4) is 0 Å². The second-order valence-electron chi connectivity index (χ2n) is 7.37. The molecule has 1 aromatic carbocycles. The Kier molecular flexibility index (Phi) is 3.76. The summed E-state index contributed by atoms with van der Waals surface area (Å²) < 4.78 is 0. The van der Waals surface area contributed by atoms with Gasteiger partial charge in [-0.1, -0.05) is 39.0 Å². The van der Waals surface area contributed by atoms with Gasteiger partial charge in [0.25, 0.3) is 0 Å². The number of fused-ring (bicyclic) bond motifs is 2. The van der Waals surface area contributed by atoms with Crippen molar-refractivity contribution < 1.29 is 4.79 Å². The van der Waals surface area contributed by atoms with Gasteiger partial charge in [0, 0.05) is 23.6 Å². The van der Waals surface area contributed by atoms with Crippen LogP contribution in [0.1, 0.15) is 33.6 Å². The van der Waals surface area contributed by atoms with E-state index in [4.69, 9.17) is 12.2 Å². The summed E-state index contributed by atoms with van der Waals surface area (Å²) in [7, 11) is 0. The Bertz CT molecular complexity index is 598. The third-order valence-corrected chi connectivity index (χ3v) is 6.43. The Labute approximate surface area is 137 Å². The Morgan fingerprint density at radius 2 is 1.95 bits per heavy atom. The molecule has 0 heterocycles. The van der Waals surface area contributed by atoms with Crippen molar-refractivity contribution in [1.82, 2.24) is 5.32 Å². The zero-order chi connectivity index (χ0) is 16.0. The summed E-state index contributed by atoms with van der Waals surface area (Å²) in [5.74, 6) is 0.977. The summed E-state index contributed by atoms with van der Waals surface area (Å²) in [6, 6.07) is 9.85. The number of rotatable bonds is 3. The molecule has 0 aliphatic heterocycles. The molecule has 3 rings (SSSR count). The van der Waals surface area contributed by atoms with Crippen molar-refractivity contribution in [3.05, 3.63) is 30.3 Å². The van der Waals surface area contributed by atoms with Crippen LogP contribution in [0, 0.1) is 22.7 Å². The molecule has 0 unspecified atom stereocenters. The Hall–Kier alpha value is -1.42. The van der Waals surface area contributed by atoms with Crippen LogP contribution in [-0.4, -0.2) is 17.4 Å². The smallest absolute Gasteiger partial charge is 0.170 e. The van der Waals surface area contributed by atoms with E-state index in [1.165, 1.54) is 0 Å². The molecule has 0 saturated heterocycles. The first kappa shape index (κ1) is 15.5. The van der Waals surface area contributed by atoms with Gasteiger partial charge in [-0.3, -0.25) is 4.79 Å². The van der Waals surface area contributed by atoms with E-state index in [1.807, 2.05) is 30.3 Å². The molecule has 2 aliphatic rings. The summed E-state index contributed by atoms with van der Waals surface area (Å²) in [6.07, 6.45) is 2.19. The molecule has 2 N–H and O–H groups in total. The number of carbonyl (C=O) groups is 1. The summed E-state index contributed by atoms with van der Waals surface area (Å²) in [5.41, 5.74) is 0.912. The van der Waals surface area contributed by atoms with Gasteiger partial charge in [0.05, 0.1) is 0 Å². The van der Waals surface area contributed by atoms with Gasteiger partial charge in [-0.05, 0) is 48.5 Å². The topological polar surface area (TPSA) is 41.1 Å². The standard InChI is InChI=1S/C18H24N2OS/c1-17(2)14-9-10-18(17,3)15(21)13(14)11-19-16(22)20-12-7-5-4-6-8-12/h4-8,13-14H,9-11H2,1-3H3,(H2,19,20,22)/t13-,14-,18+/m1/s1. The van der Waals surface area contributed by atoms with E-state index < -0.39 is 0 Å². The van der Waals surface area contributed by atoms with Gasteiger partial charge in [0.15, 0.2) is 5.11 Å². The summed E-state index contributed by atoms with van der Waals surface area (Å²) in [4.78, 5) is 12.8.